The van der Waals surface area contributed by atoms with Crippen LogP contribution < -0.4 is 5.32 Å². The molecule has 2 aromatic carbocycles. The zero-order chi connectivity index (χ0) is 20.8. The van der Waals surface area contributed by atoms with Crippen molar-refractivity contribution in [1.29, 1.82) is 0 Å². The minimum absolute atomic E-state index is 0.178. The number of para-hydroxylation sites is 1. The Bertz CT molecular complexity index is 1140. The van der Waals surface area contributed by atoms with Crippen molar-refractivity contribution in [3.8, 4) is 0 Å². The molecule has 0 saturated heterocycles. The average molecular weight is 416 g/mol. The first-order valence-electron chi connectivity index (χ1n) is 9.62. The van der Waals surface area contributed by atoms with Crippen LogP contribution in [0.2, 0.25) is 0 Å². The Morgan fingerprint density at radius 1 is 1.03 bits per heavy atom. The van der Waals surface area contributed by atoms with Crippen LogP contribution >= 0.6 is 11.8 Å². The van der Waals surface area contributed by atoms with Crippen molar-refractivity contribution in [3.63, 3.8) is 0 Å². The minimum Gasteiger partial charge on any atom is -0.361 e. The molecular formula is C24H21N3O2S. The Hall–Kier alpha value is -3.38. The molecule has 0 aliphatic carbocycles. The van der Waals surface area contributed by atoms with Gasteiger partial charge in [0.15, 0.2) is 0 Å². The number of hydrogen-bond donors (Lipinski definition) is 1. The van der Waals surface area contributed by atoms with Gasteiger partial charge in [-0.05, 0) is 42.7 Å². The summed E-state index contributed by atoms with van der Waals surface area (Å²) in [5.41, 5.74) is 4.42. The standard InChI is InChI=1S/C24H21N3O2S/c1-17-14-20(27-29-17)16-30-24-21(11-7-13-25-24)23(28)26-22-12-6-5-10-19(22)15-18-8-3-2-4-9-18/h2-14H,15-16H2,1H3,(H,26,28). The number of benzene rings is 2. The number of amides is 1. The number of nitrogens with one attached hydrogen (secondary N) is 1. The predicted molar refractivity (Wildman–Crippen MR) is 119 cm³/mol. The lowest BCUT2D eigenvalue weighted by atomic mass is 10.0. The van der Waals surface area contributed by atoms with Gasteiger partial charge < -0.3 is 9.84 Å². The summed E-state index contributed by atoms with van der Waals surface area (Å²) in [6.07, 6.45) is 2.44. The summed E-state index contributed by atoms with van der Waals surface area (Å²) in [4.78, 5) is 17.5. The molecule has 0 spiro atoms. The van der Waals surface area contributed by atoms with E-state index in [-0.39, 0.29) is 5.91 Å². The summed E-state index contributed by atoms with van der Waals surface area (Å²) < 4.78 is 5.11. The molecule has 0 radical (unpaired) electrons. The van der Waals surface area contributed by atoms with Crippen LogP contribution in [-0.2, 0) is 12.2 Å². The van der Waals surface area contributed by atoms with Crippen LogP contribution in [0.15, 0.2) is 88.5 Å². The molecular weight excluding hydrogens is 394 g/mol. The molecule has 1 amide bonds. The maximum Gasteiger partial charge on any atom is 0.258 e. The number of carbonyl (C=O) groups is 1. The lowest BCUT2D eigenvalue weighted by Gasteiger charge is -2.13. The number of nitrogens with zero attached hydrogens (tertiary/aromatic N) is 2. The zero-order valence-electron chi connectivity index (χ0n) is 16.5. The number of rotatable bonds is 7. The van der Waals surface area contributed by atoms with E-state index in [4.69, 9.17) is 4.52 Å². The number of thioether (sulfide) groups is 1. The van der Waals surface area contributed by atoms with E-state index in [1.807, 2.05) is 55.5 Å². The Kier molecular flexibility index (Phi) is 6.25. The fourth-order valence-electron chi connectivity index (χ4n) is 3.11. The zero-order valence-corrected chi connectivity index (χ0v) is 17.4. The number of pyridine rings is 1. The van der Waals surface area contributed by atoms with Crippen molar-refractivity contribution in [1.82, 2.24) is 10.1 Å². The Labute approximate surface area is 179 Å². The van der Waals surface area contributed by atoms with Gasteiger partial charge in [-0.3, -0.25) is 4.79 Å². The molecule has 150 valence electrons. The van der Waals surface area contributed by atoms with E-state index in [0.717, 1.165) is 29.1 Å². The number of aromatic nitrogens is 2. The van der Waals surface area contributed by atoms with Gasteiger partial charge in [0.25, 0.3) is 5.91 Å². The summed E-state index contributed by atoms with van der Waals surface area (Å²) in [5, 5.41) is 7.73. The summed E-state index contributed by atoms with van der Waals surface area (Å²) in [6, 6.07) is 23.5. The molecule has 5 nitrogen and oxygen atoms in total. The molecule has 4 rings (SSSR count). The highest BCUT2D eigenvalue weighted by Gasteiger charge is 2.15. The summed E-state index contributed by atoms with van der Waals surface area (Å²) in [6.45, 7) is 1.85. The molecule has 0 atom stereocenters. The van der Waals surface area contributed by atoms with Gasteiger partial charge in [-0.1, -0.05) is 65.4 Å². The largest absolute Gasteiger partial charge is 0.361 e. The van der Waals surface area contributed by atoms with Crippen molar-refractivity contribution < 1.29 is 9.32 Å². The molecule has 0 aliphatic rings. The first-order valence-corrected chi connectivity index (χ1v) is 10.6. The van der Waals surface area contributed by atoms with E-state index in [2.05, 4.69) is 27.6 Å². The smallest absolute Gasteiger partial charge is 0.258 e. The van der Waals surface area contributed by atoms with Gasteiger partial charge in [0.1, 0.15) is 10.8 Å². The third-order valence-electron chi connectivity index (χ3n) is 4.55. The fourth-order valence-corrected chi connectivity index (χ4v) is 3.98. The van der Waals surface area contributed by atoms with Crippen LogP contribution in [0.1, 0.15) is 32.9 Å². The molecule has 0 bridgehead atoms. The molecule has 30 heavy (non-hydrogen) atoms. The van der Waals surface area contributed by atoms with E-state index in [1.165, 1.54) is 17.3 Å². The molecule has 0 saturated carbocycles. The Morgan fingerprint density at radius 3 is 2.63 bits per heavy atom. The van der Waals surface area contributed by atoms with E-state index in [0.29, 0.717) is 16.3 Å². The molecule has 1 N–H and O–H groups in total. The van der Waals surface area contributed by atoms with E-state index < -0.39 is 0 Å². The SMILES string of the molecule is Cc1cc(CSc2ncccc2C(=O)Nc2ccccc2Cc2ccccc2)no1. The second kappa shape index (κ2) is 9.41. The molecule has 0 aliphatic heterocycles. The quantitative estimate of drug-likeness (QED) is 0.403. The van der Waals surface area contributed by atoms with Crippen molar-refractivity contribution in [2.45, 2.75) is 24.1 Å². The number of hydrogen-bond acceptors (Lipinski definition) is 5. The van der Waals surface area contributed by atoms with Crippen LogP contribution in [0.5, 0.6) is 0 Å². The van der Waals surface area contributed by atoms with Crippen LogP contribution in [0.4, 0.5) is 5.69 Å². The highest BCUT2D eigenvalue weighted by Crippen LogP contribution is 2.26. The molecule has 4 aromatic rings. The van der Waals surface area contributed by atoms with Crippen molar-refractivity contribution in [2.24, 2.45) is 0 Å². The van der Waals surface area contributed by atoms with Gasteiger partial charge in [-0.15, -0.1) is 0 Å². The highest BCUT2D eigenvalue weighted by atomic mass is 32.2. The van der Waals surface area contributed by atoms with Crippen LogP contribution in [-0.4, -0.2) is 16.0 Å². The highest BCUT2D eigenvalue weighted by molar-refractivity contribution is 7.98. The van der Waals surface area contributed by atoms with Gasteiger partial charge >= 0.3 is 0 Å². The first-order chi connectivity index (χ1) is 14.7. The maximum absolute atomic E-state index is 13.1. The molecule has 2 heterocycles. The Morgan fingerprint density at radius 2 is 1.83 bits per heavy atom. The number of carbonyl (C=O) groups excluding carboxylic acids is 1. The minimum atomic E-state index is -0.178. The van der Waals surface area contributed by atoms with Crippen molar-refractivity contribution in [3.05, 3.63) is 107 Å². The lowest BCUT2D eigenvalue weighted by molar-refractivity contribution is 0.102. The molecule has 0 unspecified atom stereocenters. The van der Waals surface area contributed by atoms with Gasteiger partial charge in [0, 0.05) is 23.7 Å². The lowest BCUT2D eigenvalue weighted by Crippen LogP contribution is -2.15. The molecule has 0 fully saturated rings. The first kappa shape index (κ1) is 19.9. The summed E-state index contributed by atoms with van der Waals surface area (Å²) in [5.74, 6) is 1.17. The van der Waals surface area contributed by atoms with Crippen LogP contribution in [0.3, 0.4) is 0 Å². The maximum atomic E-state index is 13.1. The predicted octanol–water partition coefficient (Wildman–Crippen LogP) is 5.51. The van der Waals surface area contributed by atoms with Gasteiger partial charge in [0.05, 0.1) is 11.3 Å². The van der Waals surface area contributed by atoms with E-state index >= 15 is 0 Å². The second-order valence-corrected chi connectivity index (χ2v) is 7.81. The van der Waals surface area contributed by atoms with Crippen LogP contribution in [0, 0.1) is 6.92 Å². The topological polar surface area (TPSA) is 68.0 Å². The Balaban J connectivity index is 1.51. The monoisotopic (exact) mass is 415 g/mol. The summed E-state index contributed by atoms with van der Waals surface area (Å²) >= 11 is 1.46. The normalized spacial score (nSPS) is 10.7. The third kappa shape index (κ3) is 4.96. The fraction of sp³-hybridized carbons (Fsp3) is 0.125. The summed E-state index contributed by atoms with van der Waals surface area (Å²) in [7, 11) is 0. The van der Waals surface area contributed by atoms with Gasteiger partial charge in [0.2, 0.25) is 0 Å². The van der Waals surface area contributed by atoms with Crippen molar-refractivity contribution >= 4 is 23.4 Å². The number of anilines is 1. The molecule has 6 heteroatoms. The van der Waals surface area contributed by atoms with Gasteiger partial charge in [-0.25, -0.2) is 4.98 Å². The van der Waals surface area contributed by atoms with E-state index in [1.54, 1.807) is 18.3 Å². The second-order valence-electron chi connectivity index (χ2n) is 6.85. The number of aryl methyl sites for hydroxylation is 1. The van der Waals surface area contributed by atoms with Crippen LogP contribution in [0.25, 0.3) is 0 Å². The molecule has 2 aromatic heterocycles. The third-order valence-corrected chi connectivity index (χ3v) is 5.59. The van der Waals surface area contributed by atoms with Gasteiger partial charge in [-0.2, -0.15) is 0 Å². The van der Waals surface area contributed by atoms with Crippen molar-refractivity contribution in [2.75, 3.05) is 5.32 Å². The average Bonchev–Trinajstić information content (AvgIpc) is 3.20. The van der Waals surface area contributed by atoms with E-state index in [9.17, 15) is 4.79 Å².